The van der Waals surface area contributed by atoms with Crippen LogP contribution in [-0.2, 0) is 25.0 Å². The molecule has 1 N–H and O–H groups in total. The molecule has 0 amide bonds. The molecule has 0 spiro atoms. The van der Waals surface area contributed by atoms with Crippen molar-refractivity contribution in [1.82, 2.24) is 19.3 Å². The van der Waals surface area contributed by atoms with E-state index < -0.39 is 41.6 Å². The summed E-state index contributed by atoms with van der Waals surface area (Å²) in [4.78, 5) is 16.5. The van der Waals surface area contributed by atoms with Crippen LogP contribution in [0, 0.1) is 17.6 Å². The highest BCUT2D eigenvalue weighted by Crippen LogP contribution is 2.40. The predicted octanol–water partition coefficient (Wildman–Crippen LogP) is 5.93. The van der Waals surface area contributed by atoms with Crippen LogP contribution in [0.3, 0.4) is 0 Å². The molecule has 4 aromatic rings. The number of alkyl halides is 3. The molecule has 0 radical (unpaired) electrons. The van der Waals surface area contributed by atoms with Crippen LogP contribution >= 0.6 is 0 Å². The predicted molar refractivity (Wildman–Crippen MR) is 132 cm³/mol. The summed E-state index contributed by atoms with van der Waals surface area (Å²) in [6, 6.07) is 7.15. The number of aryl methyl sites for hydroxylation is 1. The van der Waals surface area contributed by atoms with Gasteiger partial charge in [-0.25, -0.2) is 13.8 Å². The number of ether oxygens (including phenoxy) is 2. The Bertz CT molecular complexity index is 1550. The summed E-state index contributed by atoms with van der Waals surface area (Å²) in [6.07, 6.45) is -0.933. The molecule has 40 heavy (non-hydrogen) atoms. The highest BCUT2D eigenvalue weighted by atomic mass is 19.4. The van der Waals surface area contributed by atoms with Gasteiger partial charge < -0.3 is 19.1 Å². The number of benzene rings is 2. The lowest BCUT2D eigenvalue weighted by Crippen LogP contribution is -2.28. The fraction of sp³-hybridized carbons (Fsp3) is 0.370. The van der Waals surface area contributed by atoms with Gasteiger partial charge in [0.25, 0.3) is 0 Å². The van der Waals surface area contributed by atoms with Crippen molar-refractivity contribution in [3.8, 4) is 11.5 Å². The summed E-state index contributed by atoms with van der Waals surface area (Å²) in [5, 5.41) is 14.1. The van der Waals surface area contributed by atoms with Crippen LogP contribution in [0.5, 0.6) is 11.5 Å². The second kappa shape index (κ2) is 10.8. The van der Waals surface area contributed by atoms with Crippen LogP contribution in [0.1, 0.15) is 48.7 Å². The third kappa shape index (κ3) is 5.87. The van der Waals surface area contributed by atoms with Gasteiger partial charge in [-0.2, -0.15) is 5.10 Å². The molecule has 13 heteroatoms. The average molecular weight is 565 g/mol. The van der Waals surface area contributed by atoms with Gasteiger partial charge in [-0.15, -0.1) is 13.2 Å². The smallest absolute Gasteiger partial charge is 0.487 e. The van der Waals surface area contributed by atoms with Crippen molar-refractivity contribution in [2.24, 2.45) is 13.0 Å². The summed E-state index contributed by atoms with van der Waals surface area (Å²) >= 11 is 0. The second-order valence-corrected chi connectivity index (χ2v) is 9.74. The van der Waals surface area contributed by atoms with Gasteiger partial charge in [0.1, 0.15) is 35.3 Å². The van der Waals surface area contributed by atoms with Gasteiger partial charge in [-0.3, -0.25) is 9.48 Å². The van der Waals surface area contributed by atoms with Crippen molar-refractivity contribution in [3.05, 3.63) is 71.3 Å². The van der Waals surface area contributed by atoms with Gasteiger partial charge in [0.2, 0.25) is 0 Å². The van der Waals surface area contributed by atoms with Crippen LogP contribution in [0.2, 0.25) is 0 Å². The molecule has 2 heterocycles. The van der Waals surface area contributed by atoms with E-state index in [9.17, 15) is 27.5 Å². The van der Waals surface area contributed by atoms with Gasteiger partial charge in [-0.05, 0) is 25.0 Å². The molecule has 0 bridgehead atoms. The minimum Gasteiger partial charge on any atom is -0.487 e. The Morgan fingerprint density at radius 2 is 1.82 bits per heavy atom. The van der Waals surface area contributed by atoms with Crippen LogP contribution in [0.4, 0.5) is 22.0 Å². The highest BCUT2D eigenvalue weighted by molar-refractivity contribution is 5.79. The zero-order valence-corrected chi connectivity index (χ0v) is 21.3. The quantitative estimate of drug-likeness (QED) is 0.267. The summed E-state index contributed by atoms with van der Waals surface area (Å²) in [6.45, 7) is -0.193. The van der Waals surface area contributed by atoms with E-state index in [1.165, 1.54) is 10.6 Å². The number of carboxylic acid groups (broad SMARTS) is 1. The number of aromatic nitrogens is 4. The normalized spacial score (nSPS) is 17.8. The first-order chi connectivity index (χ1) is 19.0. The van der Waals surface area contributed by atoms with Crippen molar-refractivity contribution in [2.45, 2.75) is 51.1 Å². The monoisotopic (exact) mass is 564 g/mol. The zero-order valence-electron chi connectivity index (χ0n) is 21.3. The van der Waals surface area contributed by atoms with E-state index in [4.69, 9.17) is 4.74 Å². The number of halogens is 5. The number of hydrogen-bond acceptors (Lipinski definition) is 5. The van der Waals surface area contributed by atoms with Gasteiger partial charge in [0.15, 0.2) is 5.82 Å². The van der Waals surface area contributed by atoms with E-state index in [1.54, 1.807) is 24.0 Å². The number of rotatable bonds is 8. The maximum atomic E-state index is 15.3. The van der Waals surface area contributed by atoms with Crippen molar-refractivity contribution >= 4 is 17.0 Å². The first kappa shape index (κ1) is 27.4. The molecule has 1 aliphatic carbocycles. The van der Waals surface area contributed by atoms with Crippen LogP contribution in [-0.4, -0.2) is 36.8 Å². The summed E-state index contributed by atoms with van der Waals surface area (Å²) in [5.74, 6) is -4.37. The fourth-order valence-electron chi connectivity index (χ4n) is 5.16. The van der Waals surface area contributed by atoms with E-state index in [1.807, 2.05) is 0 Å². The number of nitrogens with zero attached hydrogens (tertiary/aromatic N) is 4. The van der Waals surface area contributed by atoms with Crippen LogP contribution in [0.15, 0.2) is 42.6 Å². The third-order valence-corrected chi connectivity index (χ3v) is 6.97. The maximum absolute atomic E-state index is 15.3. The largest absolute Gasteiger partial charge is 0.573 e. The Morgan fingerprint density at radius 3 is 2.50 bits per heavy atom. The Hall–Kier alpha value is -4.16. The van der Waals surface area contributed by atoms with Crippen molar-refractivity contribution in [1.29, 1.82) is 0 Å². The molecular formula is C27H25F5N4O4. The molecule has 8 nitrogen and oxygen atoms in total. The number of fused-ring (bicyclic) bond motifs is 1. The minimum atomic E-state index is -4.99. The molecule has 2 aromatic heterocycles. The van der Waals surface area contributed by atoms with E-state index in [0.717, 1.165) is 24.6 Å². The molecule has 2 unspecified atom stereocenters. The molecular weight excluding hydrogens is 539 g/mol. The van der Waals surface area contributed by atoms with Gasteiger partial charge in [0.05, 0.1) is 23.7 Å². The number of carbonyl (C=O) groups is 1. The number of imidazole rings is 1. The van der Waals surface area contributed by atoms with Crippen molar-refractivity contribution in [2.75, 3.05) is 0 Å². The lowest BCUT2D eigenvalue weighted by Gasteiger charge is -2.28. The van der Waals surface area contributed by atoms with Crippen LogP contribution < -0.4 is 9.47 Å². The van der Waals surface area contributed by atoms with Gasteiger partial charge in [0, 0.05) is 42.9 Å². The topological polar surface area (TPSA) is 91.4 Å². The van der Waals surface area contributed by atoms with Gasteiger partial charge in [-0.1, -0.05) is 18.9 Å². The highest BCUT2D eigenvalue weighted by Gasteiger charge is 2.36. The van der Waals surface area contributed by atoms with E-state index in [2.05, 4.69) is 14.8 Å². The Labute approximate surface area is 224 Å². The molecule has 212 valence electrons. The lowest BCUT2D eigenvalue weighted by atomic mass is 9.78. The van der Waals surface area contributed by atoms with E-state index >= 15 is 4.39 Å². The maximum Gasteiger partial charge on any atom is 0.573 e. The second-order valence-electron chi connectivity index (χ2n) is 9.74. The minimum absolute atomic E-state index is 0.0158. The number of hydrogen-bond donors (Lipinski definition) is 1. The number of aliphatic carboxylic acids is 1. The molecule has 2 atom stereocenters. The SMILES string of the molecule is Cn1ccc(COc2cc(F)c3nc(C4CCCCC4C(=O)O)n(Cc4ccc(OC(F)(F)F)cc4F)c3c2)n1. The average Bonchev–Trinajstić information content (AvgIpc) is 3.47. The standard InChI is InChI=1S/C27H25F5N4O4/c1-35-9-8-16(34-35)14-39-18-11-22(29)24-23(12-18)36(25(33-24)19-4-2-3-5-20(19)26(37)38)13-15-6-7-17(10-21(15)28)40-27(30,31)32/h6-12,19-20H,2-5,13-14H2,1H3,(H,37,38). The first-order valence-corrected chi connectivity index (χ1v) is 12.6. The third-order valence-electron chi connectivity index (χ3n) is 6.97. The molecule has 0 aliphatic heterocycles. The summed E-state index contributed by atoms with van der Waals surface area (Å²) in [7, 11) is 1.74. The molecule has 1 saturated carbocycles. The van der Waals surface area contributed by atoms with Crippen LogP contribution in [0.25, 0.3) is 11.0 Å². The molecule has 5 rings (SSSR count). The summed E-state index contributed by atoms with van der Waals surface area (Å²) in [5.41, 5.74) is 0.771. The molecule has 1 fully saturated rings. The first-order valence-electron chi connectivity index (χ1n) is 12.6. The Kier molecular flexibility index (Phi) is 7.39. The van der Waals surface area contributed by atoms with E-state index in [0.29, 0.717) is 31.0 Å². The zero-order chi connectivity index (χ0) is 28.6. The summed E-state index contributed by atoms with van der Waals surface area (Å²) < 4.78 is 80.8. The fourth-order valence-corrected chi connectivity index (χ4v) is 5.16. The van der Waals surface area contributed by atoms with Crippen molar-refractivity contribution in [3.63, 3.8) is 0 Å². The molecule has 1 aliphatic rings. The van der Waals surface area contributed by atoms with E-state index in [-0.39, 0.29) is 41.3 Å². The lowest BCUT2D eigenvalue weighted by molar-refractivity contribution is -0.274. The molecule has 2 aromatic carbocycles. The number of carboxylic acids is 1. The Balaban J connectivity index is 1.57. The van der Waals surface area contributed by atoms with Crippen molar-refractivity contribution < 1.29 is 41.3 Å². The molecule has 0 saturated heterocycles. The van der Waals surface area contributed by atoms with Gasteiger partial charge >= 0.3 is 12.3 Å². The Morgan fingerprint density at radius 1 is 1.07 bits per heavy atom.